The fraction of sp³-hybridized carbons (Fsp3) is 0.370. The maximum absolute atomic E-state index is 13.9. The smallest absolute Gasteiger partial charge is 0.244 e. The molecular weight excluding hydrogens is 466 g/mol. The molecule has 0 spiro atoms. The first-order valence-electron chi connectivity index (χ1n) is 11.5. The van der Waals surface area contributed by atoms with E-state index in [-0.39, 0.29) is 16.5 Å². The van der Waals surface area contributed by atoms with E-state index in [0.29, 0.717) is 30.2 Å². The molecule has 1 aromatic heterocycles. The van der Waals surface area contributed by atoms with Gasteiger partial charge < -0.3 is 0 Å². The van der Waals surface area contributed by atoms with Crippen molar-refractivity contribution < 1.29 is 8.42 Å². The maximum Gasteiger partial charge on any atom is 0.244 e. The Morgan fingerprint density at radius 3 is 2.47 bits per heavy atom. The van der Waals surface area contributed by atoms with E-state index in [9.17, 15) is 8.42 Å². The van der Waals surface area contributed by atoms with Gasteiger partial charge in [-0.15, -0.1) is 0 Å². The highest BCUT2D eigenvalue weighted by molar-refractivity contribution is 7.89. The van der Waals surface area contributed by atoms with E-state index in [1.54, 1.807) is 35.6 Å². The highest BCUT2D eigenvalue weighted by Crippen LogP contribution is 2.37. The van der Waals surface area contributed by atoms with Gasteiger partial charge in [-0.25, -0.2) is 8.42 Å². The Balaban J connectivity index is 1.81. The lowest BCUT2D eigenvalue weighted by molar-refractivity contribution is 0.0590. The average Bonchev–Trinajstić information content (AvgIpc) is 2.80. The molecule has 7 heteroatoms. The summed E-state index contributed by atoms with van der Waals surface area (Å²) < 4.78 is 29.6. The quantitative estimate of drug-likeness (QED) is 0.452. The zero-order valence-electron chi connectivity index (χ0n) is 20.4. The normalized spacial score (nSPS) is 18.2. The SMILES string of the molecule is Cc1cnccc1-c1cccc(C2CN(C(C)(C)C)CCN2S(=O)(=O)c2cccc(Cl)c2C)c1. The third kappa shape index (κ3) is 4.78. The van der Waals surface area contributed by atoms with Gasteiger partial charge in [0.2, 0.25) is 10.0 Å². The minimum atomic E-state index is -3.75. The molecule has 5 nitrogen and oxygen atoms in total. The highest BCUT2D eigenvalue weighted by Gasteiger charge is 2.40. The van der Waals surface area contributed by atoms with Gasteiger partial charge in [0.1, 0.15) is 0 Å². The second kappa shape index (κ2) is 9.42. The number of pyridine rings is 1. The molecule has 1 unspecified atom stereocenters. The lowest BCUT2D eigenvalue weighted by Gasteiger charge is -2.46. The van der Waals surface area contributed by atoms with Crippen LogP contribution in [0.2, 0.25) is 5.02 Å². The van der Waals surface area contributed by atoms with Crippen molar-refractivity contribution in [3.05, 3.63) is 82.6 Å². The monoisotopic (exact) mass is 497 g/mol. The molecule has 1 atom stereocenters. The van der Waals surface area contributed by atoms with E-state index in [1.807, 2.05) is 31.3 Å². The van der Waals surface area contributed by atoms with Gasteiger partial charge in [-0.1, -0.05) is 35.9 Å². The first-order valence-corrected chi connectivity index (χ1v) is 13.3. The summed E-state index contributed by atoms with van der Waals surface area (Å²) >= 11 is 6.30. The third-order valence-electron chi connectivity index (χ3n) is 6.69. The number of piperazine rings is 1. The molecule has 0 amide bonds. The molecule has 180 valence electrons. The van der Waals surface area contributed by atoms with E-state index in [0.717, 1.165) is 22.3 Å². The van der Waals surface area contributed by atoms with Gasteiger partial charge >= 0.3 is 0 Å². The Morgan fingerprint density at radius 1 is 1.03 bits per heavy atom. The molecule has 1 aliphatic rings. The van der Waals surface area contributed by atoms with Crippen LogP contribution in [0, 0.1) is 13.8 Å². The second-order valence-electron chi connectivity index (χ2n) is 9.93. The van der Waals surface area contributed by atoms with E-state index >= 15 is 0 Å². The number of benzene rings is 2. The Hall–Kier alpha value is -2.25. The van der Waals surface area contributed by atoms with Crippen LogP contribution in [0.25, 0.3) is 11.1 Å². The molecule has 1 saturated heterocycles. The predicted octanol–water partition coefficient (Wildman–Crippen LogP) is 5.86. The summed E-state index contributed by atoms with van der Waals surface area (Å²) in [6, 6.07) is 15.0. The third-order valence-corrected chi connectivity index (χ3v) is 9.15. The van der Waals surface area contributed by atoms with Gasteiger partial charge in [0.15, 0.2) is 0 Å². The topological polar surface area (TPSA) is 53.5 Å². The fourth-order valence-corrected chi connectivity index (χ4v) is 6.72. The molecule has 0 radical (unpaired) electrons. The number of hydrogen-bond donors (Lipinski definition) is 0. The number of sulfonamides is 1. The Bertz CT molecular complexity index is 1300. The lowest BCUT2D eigenvalue weighted by Crippen LogP contribution is -2.55. The standard InChI is InChI=1S/C27H32ClN3O2S/c1-19-17-29-13-12-23(19)21-8-6-9-22(16-21)25-18-30(27(3,4)5)14-15-31(25)34(32,33)26-11-7-10-24(28)20(26)2/h6-13,16-17,25H,14-15,18H2,1-5H3. The Labute approximate surface area is 208 Å². The van der Waals surface area contributed by atoms with Crippen molar-refractivity contribution >= 4 is 21.6 Å². The average molecular weight is 498 g/mol. The maximum atomic E-state index is 13.9. The lowest BCUT2D eigenvalue weighted by atomic mass is 9.95. The Kier molecular flexibility index (Phi) is 6.89. The van der Waals surface area contributed by atoms with Crippen molar-refractivity contribution in [1.82, 2.24) is 14.2 Å². The minimum Gasteiger partial charge on any atom is -0.295 e. The molecule has 2 aromatic carbocycles. The number of rotatable bonds is 4. The first kappa shape index (κ1) is 24.9. The van der Waals surface area contributed by atoms with Gasteiger partial charge in [-0.3, -0.25) is 9.88 Å². The molecule has 0 bridgehead atoms. The van der Waals surface area contributed by atoms with Crippen LogP contribution >= 0.6 is 11.6 Å². The predicted molar refractivity (Wildman–Crippen MR) is 139 cm³/mol. The summed E-state index contributed by atoms with van der Waals surface area (Å²) in [4.78, 5) is 6.84. The van der Waals surface area contributed by atoms with E-state index < -0.39 is 10.0 Å². The van der Waals surface area contributed by atoms with Crippen LogP contribution in [0.4, 0.5) is 0 Å². The van der Waals surface area contributed by atoms with Gasteiger partial charge in [-0.05, 0) is 86.7 Å². The molecule has 1 aliphatic heterocycles. The Morgan fingerprint density at radius 2 is 1.76 bits per heavy atom. The number of nitrogens with zero attached hydrogens (tertiary/aromatic N) is 3. The van der Waals surface area contributed by atoms with E-state index in [2.05, 4.69) is 42.8 Å². The van der Waals surface area contributed by atoms with Crippen molar-refractivity contribution in [2.45, 2.75) is 51.1 Å². The molecule has 0 N–H and O–H groups in total. The van der Waals surface area contributed by atoms with Crippen LogP contribution in [0.5, 0.6) is 0 Å². The van der Waals surface area contributed by atoms with Crippen molar-refractivity contribution in [2.24, 2.45) is 0 Å². The molecular formula is C27H32ClN3O2S. The molecule has 34 heavy (non-hydrogen) atoms. The summed E-state index contributed by atoms with van der Waals surface area (Å²) in [5.41, 5.74) is 4.73. The number of aryl methyl sites for hydroxylation is 1. The number of hydrogen-bond acceptors (Lipinski definition) is 4. The zero-order chi connectivity index (χ0) is 24.7. The van der Waals surface area contributed by atoms with Gasteiger partial charge in [0.25, 0.3) is 0 Å². The summed E-state index contributed by atoms with van der Waals surface area (Å²) in [6.45, 7) is 12.0. The molecule has 0 saturated carbocycles. The van der Waals surface area contributed by atoms with Crippen LogP contribution < -0.4 is 0 Å². The van der Waals surface area contributed by atoms with Crippen LogP contribution in [-0.4, -0.2) is 47.8 Å². The van der Waals surface area contributed by atoms with Gasteiger partial charge in [0, 0.05) is 42.6 Å². The summed E-state index contributed by atoms with van der Waals surface area (Å²) in [5, 5.41) is 0.459. The molecule has 2 heterocycles. The fourth-order valence-electron chi connectivity index (χ4n) is 4.64. The molecule has 0 aliphatic carbocycles. The molecule has 1 fully saturated rings. The van der Waals surface area contributed by atoms with Crippen LogP contribution in [0.15, 0.2) is 65.8 Å². The largest absolute Gasteiger partial charge is 0.295 e. The summed E-state index contributed by atoms with van der Waals surface area (Å²) in [5.74, 6) is 0. The number of halogens is 1. The molecule has 4 rings (SSSR count). The van der Waals surface area contributed by atoms with Crippen molar-refractivity contribution in [3.8, 4) is 11.1 Å². The van der Waals surface area contributed by atoms with Crippen molar-refractivity contribution in [1.29, 1.82) is 0 Å². The summed E-state index contributed by atoms with van der Waals surface area (Å²) in [6.07, 6.45) is 3.64. The van der Waals surface area contributed by atoms with Crippen LogP contribution in [-0.2, 0) is 10.0 Å². The number of aromatic nitrogens is 1. The van der Waals surface area contributed by atoms with Crippen LogP contribution in [0.3, 0.4) is 0 Å². The van der Waals surface area contributed by atoms with Crippen molar-refractivity contribution in [3.63, 3.8) is 0 Å². The van der Waals surface area contributed by atoms with E-state index in [4.69, 9.17) is 11.6 Å². The van der Waals surface area contributed by atoms with E-state index in [1.165, 1.54) is 0 Å². The summed E-state index contributed by atoms with van der Waals surface area (Å²) in [7, 11) is -3.75. The first-order chi connectivity index (χ1) is 16.0. The zero-order valence-corrected chi connectivity index (χ0v) is 22.0. The molecule has 3 aromatic rings. The highest BCUT2D eigenvalue weighted by atomic mass is 35.5. The van der Waals surface area contributed by atoms with Gasteiger partial charge in [-0.2, -0.15) is 4.31 Å². The van der Waals surface area contributed by atoms with Crippen LogP contribution in [0.1, 0.15) is 43.5 Å². The second-order valence-corrected chi connectivity index (χ2v) is 12.2. The van der Waals surface area contributed by atoms with Crippen molar-refractivity contribution in [2.75, 3.05) is 19.6 Å². The van der Waals surface area contributed by atoms with Gasteiger partial charge in [0.05, 0.1) is 10.9 Å². The minimum absolute atomic E-state index is 0.0701.